The fourth-order valence-corrected chi connectivity index (χ4v) is 2.20. The summed E-state index contributed by atoms with van der Waals surface area (Å²) in [5.74, 6) is -1.28. The van der Waals surface area contributed by atoms with Crippen molar-refractivity contribution in [2.45, 2.75) is 38.6 Å². The molecule has 0 aromatic heterocycles. The van der Waals surface area contributed by atoms with Crippen molar-refractivity contribution in [1.82, 2.24) is 0 Å². The van der Waals surface area contributed by atoms with Gasteiger partial charge in [0.1, 0.15) is 0 Å². The highest BCUT2D eigenvalue weighted by Crippen LogP contribution is 2.24. The van der Waals surface area contributed by atoms with Crippen molar-refractivity contribution in [3.05, 3.63) is 29.8 Å². The Bertz CT molecular complexity index is 455. The van der Waals surface area contributed by atoms with E-state index in [1.54, 1.807) is 0 Å². The average Bonchev–Trinajstić information content (AvgIpc) is 2.70. The fourth-order valence-electron chi connectivity index (χ4n) is 2.20. The number of carboxylic acid groups (broad SMARTS) is 1. The third-order valence-corrected chi connectivity index (χ3v) is 3.17. The Kier molecular flexibility index (Phi) is 4.62. The number of hydrogen-bond donors (Lipinski definition) is 2. The monoisotopic (exact) mass is 279 g/mol. The van der Waals surface area contributed by atoms with E-state index in [1.165, 1.54) is 0 Å². The summed E-state index contributed by atoms with van der Waals surface area (Å²) in [5.41, 5.74) is 1.79. The zero-order chi connectivity index (χ0) is 14.6. The molecule has 0 bridgehead atoms. The average molecular weight is 279 g/mol. The summed E-state index contributed by atoms with van der Waals surface area (Å²) in [6.45, 7) is 5.26. The van der Waals surface area contributed by atoms with E-state index in [-0.39, 0.29) is 12.5 Å². The van der Waals surface area contributed by atoms with Gasteiger partial charge in [-0.05, 0) is 38.0 Å². The van der Waals surface area contributed by atoms with Crippen LogP contribution in [0.3, 0.4) is 0 Å². The molecule has 5 nitrogen and oxygen atoms in total. The third-order valence-electron chi connectivity index (χ3n) is 3.17. The van der Waals surface area contributed by atoms with Crippen molar-refractivity contribution < 1.29 is 19.4 Å². The molecule has 0 radical (unpaired) electrons. The summed E-state index contributed by atoms with van der Waals surface area (Å²) in [6, 6.07) is 7.45. The highest BCUT2D eigenvalue weighted by molar-refractivity contribution is 5.70. The summed E-state index contributed by atoms with van der Waals surface area (Å²) in [5, 5.41) is 12.0. The number of anilines is 1. The lowest BCUT2D eigenvalue weighted by molar-refractivity contribution is -0.138. The number of carbonyl (C=O) groups is 1. The van der Waals surface area contributed by atoms with Gasteiger partial charge in [0, 0.05) is 12.2 Å². The Labute approximate surface area is 118 Å². The first-order valence-electron chi connectivity index (χ1n) is 6.81. The van der Waals surface area contributed by atoms with Crippen molar-refractivity contribution in [2.24, 2.45) is 0 Å². The molecule has 1 aromatic rings. The van der Waals surface area contributed by atoms with Crippen LogP contribution in [0.4, 0.5) is 5.69 Å². The normalized spacial score (nSPS) is 20.8. The molecule has 1 aromatic carbocycles. The van der Waals surface area contributed by atoms with Crippen molar-refractivity contribution in [2.75, 3.05) is 18.5 Å². The molecule has 1 fully saturated rings. The van der Waals surface area contributed by atoms with E-state index in [0.717, 1.165) is 24.2 Å². The first-order chi connectivity index (χ1) is 9.44. The second-order valence-corrected chi connectivity index (χ2v) is 5.43. The fraction of sp³-hybridized carbons (Fsp3) is 0.533. The molecule has 110 valence electrons. The van der Waals surface area contributed by atoms with Crippen LogP contribution in [0.15, 0.2) is 24.3 Å². The maximum absolute atomic E-state index is 10.6. The molecule has 2 rings (SSSR count). The Balaban J connectivity index is 1.73. The van der Waals surface area contributed by atoms with Gasteiger partial charge in [0.05, 0.1) is 19.1 Å². The quantitative estimate of drug-likeness (QED) is 0.836. The Morgan fingerprint density at radius 1 is 1.40 bits per heavy atom. The highest BCUT2D eigenvalue weighted by Gasteiger charge is 2.31. The molecule has 20 heavy (non-hydrogen) atoms. The van der Waals surface area contributed by atoms with Gasteiger partial charge in [0.15, 0.2) is 5.79 Å². The summed E-state index contributed by atoms with van der Waals surface area (Å²) in [6.07, 6.45) is 1.06. The second kappa shape index (κ2) is 6.24. The predicted octanol–water partition coefficient (Wildman–Crippen LogP) is 2.27. The predicted molar refractivity (Wildman–Crippen MR) is 75.8 cm³/mol. The van der Waals surface area contributed by atoms with Gasteiger partial charge in [0.25, 0.3) is 0 Å². The summed E-state index contributed by atoms with van der Waals surface area (Å²) >= 11 is 0. The van der Waals surface area contributed by atoms with Gasteiger partial charge < -0.3 is 19.9 Å². The maximum atomic E-state index is 10.6. The molecular formula is C15H21NO4. The first-order valence-corrected chi connectivity index (χ1v) is 6.81. The topological polar surface area (TPSA) is 67.8 Å². The lowest BCUT2D eigenvalue weighted by Crippen LogP contribution is -2.22. The molecule has 1 aliphatic rings. The van der Waals surface area contributed by atoms with Gasteiger partial charge in [-0.1, -0.05) is 12.1 Å². The van der Waals surface area contributed by atoms with Crippen molar-refractivity contribution in [1.29, 1.82) is 0 Å². The minimum atomic E-state index is -0.813. The van der Waals surface area contributed by atoms with Crippen LogP contribution in [0.25, 0.3) is 0 Å². The van der Waals surface area contributed by atoms with Crippen molar-refractivity contribution in [3.8, 4) is 0 Å². The minimum absolute atomic E-state index is 0.0582. The maximum Gasteiger partial charge on any atom is 0.307 e. The van der Waals surface area contributed by atoms with E-state index < -0.39 is 11.8 Å². The Morgan fingerprint density at radius 3 is 2.65 bits per heavy atom. The molecule has 2 N–H and O–H groups in total. The first kappa shape index (κ1) is 14.8. The van der Waals surface area contributed by atoms with E-state index in [2.05, 4.69) is 5.32 Å². The second-order valence-electron chi connectivity index (χ2n) is 5.43. The van der Waals surface area contributed by atoms with Gasteiger partial charge in [-0.3, -0.25) is 4.79 Å². The number of aliphatic carboxylic acids is 1. The van der Waals surface area contributed by atoms with Crippen LogP contribution in [0.2, 0.25) is 0 Å². The molecule has 0 amide bonds. The molecule has 1 aliphatic heterocycles. The number of nitrogens with one attached hydrogen (secondary N) is 1. The van der Waals surface area contributed by atoms with Crippen LogP contribution >= 0.6 is 0 Å². The number of benzene rings is 1. The zero-order valence-corrected chi connectivity index (χ0v) is 11.9. The SMILES string of the molecule is CC1(C)OCC(CCNc2ccc(CC(=O)O)cc2)O1. The van der Waals surface area contributed by atoms with Crippen LogP contribution in [0.1, 0.15) is 25.8 Å². The standard InChI is InChI=1S/C15H21NO4/c1-15(2)19-10-13(20-15)7-8-16-12-5-3-11(4-6-12)9-14(17)18/h3-6,13,16H,7-10H2,1-2H3,(H,17,18). The molecule has 1 saturated heterocycles. The van der Waals surface area contributed by atoms with Crippen LogP contribution in [-0.4, -0.2) is 36.1 Å². The minimum Gasteiger partial charge on any atom is -0.481 e. The highest BCUT2D eigenvalue weighted by atomic mass is 16.7. The van der Waals surface area contributed by atoms with E-state index >= 15 is 0 Å². The lowest BCUT2D eigenvalue weighted by Gasteiger charge is -2.17. The summed E-state index contributed by atoms with van der Waals surface area (Å²) in [4.78, 5) is 10.6. The van der Waals surface area contributed by atoms with Gasteiger partial charge in [0.2, 0.25) is 0 Å². The van der Waals surface area contributed by atoms with Gasteiger partial charge in [-0.2, -0.15) is 0 Å². The summed E-state index contributed by atoms with van der Waals surface area (Å²) in [7, 11) is 0. The van der Waals surface area contributed by atoms with E-state index in [1.807, 2.05) is 38.1 Å². The van der Waals surface area contributed by atoms with E-state index in [9.17, 15) is 4.79 Å². The van der Waals surface area contributed by atoms with Gasteiger partial charge >= 0.3 is 5.97 Å². The molecule has 0 saturated carbocycles. The lowest BCUT2D eigenvalue weighted by atomic mass is 10.1. The van der Waals surface area contributed by atoms with E-state index in [4.69, 9.17) is 14.6 Å². The van der Waals surface area contributed by atoms with Crippen molar-refractivity contribution >= 4 is 11.7 Å². The Hall–Kier alpha value is -1.59. The molecule has 0 aliphatic carbocycles. The molecular weight excluding hydrogens is 258 g/mol. The van der Waals surface area contributed by atoms with Crippen LogP contribution in [0.5, 0.6) is 0 Å². The molecule has 1 atom stereocenters. The smallest absolute Gasteiger partial charge is 0.307 e. The van der Waals surface area contributed by atoms with Crippen LogP contribution < -0.4 is 5.32 Å². The number of carboxylic acids is 1. The van der Waals surface area contributed by atoms with Crippen LogP contribution in [-0.2, 0) is 20.7 Å². The largest absolute Gasteiger partial charge is 0.481 e. The van der Waals surface area contributed by atoms with Gasteiger partial charge in [-0.15, -0.1) is 0 Å². The molecule has 1 heterocycles. The number of hydrogen-bond acceptors (Lipinski definition) is 4. The molecule has 0 spiro atoms. The molecule has 5 heteroatoms. The van der Waals surface area contributed by atoms with E-state index in [0.29, 0.717) is 6.61 Å². The number of ether oxygens (including phenoxy) is 2. The summed E-state index contributed by atoms with van der Waals surface area (Å²) < 4.78 is 11.2. The van der Waals surface area contributed by atoms with Gasteiger partial charge in [-0.25, -0.2) is 0 Å². The number of rotatable bonds is 6. The zero-order valence-electron chi connectivity index (χ0n) is 11.9. The third kappa shape index (κ3) is 4.51. The van der Waals surface area contributed by atoms with Crippen molar-refractivity contribution in [3.63, 3.8) is 0 Å². The molecule has 1 unspecified atom stereocenters. The Morgan fingerprint density at radius 2 is 2.10 bits per heavy atom. The van der Waals surface area contributed by atoms with Crippen LogP contribution in [0, 0.1) is 0 Å².